The van der Waals surface area contributed by atoms with Gasteiger partial charge < -0.3 is 52.1 Å². The van der Waals surface area contributed by atoms with Gasteiger partial charge in [0.1, 0.15) is 61.0 Å². The van der Waals surface area contributed by atoms with Crippen molar-refractivity contribution < 1.29 is 52.1 Å². The summed E-state index contributed by atoms with van der Waals surface area (Å²) in [6.07, 6.45) is -5.65. The Morgan fingerprint density at radius 1 is 0.586 bits per heavy atom. The molecule has 11 rings (SSSR count). The molecular weight excluding hydrogens is 741 g/mol. The molecule has 58 heavy (non-hydrogen) atoms. The minimum absolute atomic E-state index is 0.345. The van der Waals surface area contributed by atoms with Crippen LogP contribution in [0.2, 0.25) is 0 Å². The first-order chi connectivity index (χ1) is 28.2. The summed E-state index contributed by atoms with van der Waals surface area (Å²) >= 11 is 0. The van der Waals surface area contributed by atoms with Crippen molar-refractivity contribution >= 4 is 0 Å². The van der Waals surface area contributed by atoms with Crippen LogP contribution in [0.4, 0.5) is 0 Å². The third-order valence-electron chi connectivity index (χ3n) is 12.8. The van der Waals surface area contributed by atoms with Gasteiger partial charge in [-0.3, -0.25) is 0 Å². The molecule has 0 unspecified atom stereocenters. The Balaban J connectivity index is 0.963. The zero-order chi connectivity index (χ0) is 39.2. The van der Waals surface area contributed by atoms with Gasteiger partial charge in [-0.05, 0) is 55.5 Å². The predicted octanol–water partition coefficient (Wildman–Crippen LogP) is 6.65. The monoisotopic (exact) mass is 790 g/mol. The van der Waals surface area contributed by atoms with E-state index in [4.69, 9.17) is 52.1 Å². The zero-order valence-electron chi connectivity index (χ0n) is 33.1. The number of hydrogen-bond acceptors (Lipinski definition) is 11. The van der Waals surface area contributed by atoms with Crippen molar-refractivity contribution in [2.24, 2.45) is 0 Å². The van der Waals surface area contributed by atoms with E-state index in [2.05, 4.69) is 60.7 Å². The van der Waals surface area contributed by atoms with Crippen LogP contribution in [0.1, 0.15) is 73.5 Å². The van der Waals surface area contributed by atoms with E-state index in [0.717, 1.165) is 33.4 Å². The molecule has 6 saturated heterocycles. The van der Waals surface area contributed by atoms with Gasteiger partial charge in [0.05, 0.1) is 31.8 Å². The first-order valence-electron chi connectivity index (χ1n) is 20.6. The minimum Gasteiger partial charge on any atom is -0.371 e. The lowest BCUT2D eigenvalue weighted by Gasteiger charge is -2.51. The maximum Gasteiger partial charge on any atom is 0.190 e. The highest BCUT2D eigenvalue weighted by atomic mass is 16.8. The summed E-state index contributed by atoms with van der Waals surface area (Å²) in [5, 5.41) is 0. The molecule has 4 aromatic carbocycles. The van der Waals surface area contributed by atoms with Crippen LogP contribution >= 0.6 is 0 Å². The lowest BCUT2D eigenvalue weighted by atomic mass is 9.62. The maximum atomic E-state index is 7.38. The fourth-order valence-corrected chi connectivity index (χ4v) is 10.4. The molecule has 0 N–H and O–H groups in total. The van der Waals surface area contributed by atoms with Crippen molar-refractivity contribution in [1.82, 2.24) is 0 Å². The van der Waals surface area contributed by atoms with Crippen LogP contribution in [0.3, 0.4) is 0 Å². The van der Waals surface area contributed by atoms with E-state index >= 15 is 0 Å². The van der Waals surface area contributed by atoms with Crippen LogP contribution in [0, 0.1) is 0 Å². The molecule has 4 aromatic rings. The van der Waals surface area contributed by atoms with Crippen LogP contribution < -0.4 is 0 Å². The molecule has 6 aliphatic heterocycles. The Kier molecular flexibility index (Phi) is 9.22. The quantitative estimate of drug-likeness (QED) is 0.201. The van der Waals surface area contributed by atoms with Crippen molar-refractivity contribution in [2.75, 3.05) is 19.8 Å². The van der Waals surface area contributed by atoms with Gasteiger partial charge in [0, 0.05) is 5.56 Å². The summed E-state index contributed by atoms with van der Waals surface area (Å²) in [5.74, 6) is -1.58. The van der Waals surface area contributed by atoms with Crippen molar-refractivity contribution in [3.05, 3.63) is 143 Å². The second kappa shape index (κ2) is 14.3. The van der Waals surface area contributed by atoms with Crippen LogP contribution in [-0.4, -0.2) is 92.6 Å². The van der Waals surface area contributed by atoms with Gasteiger partial charge in [-0.25, -0.2) is 0 Å². The topological polar surface area (TPSA) is 102 Å². The summed E-state index contributed by atoms with van der Waals surface area (Å²) in [4.78, 5) is 0. The normalized spacial score (nSPS) is 39.1. The summed E-state index contributed by atoms with van der Waals surface area (Å²) in [6.45, 7) is 9.13. The van der Waals surface area contributed by atoms with Crippen LogP contribution in [0.15, 0.2) is 109 Å². The molecule has 0 radical (unpaired) electrons. The van der Waals surface area contributed by atoms with E-state index < -0.39 is 84.5 Å². The third kappa shape index (κ3) is 6.21. The molecule has 11 heteroatoms. The molecule has 0 aromatic heterocycles. The summed E-state index contributed by atoms with van der Waals surface area (Å²) < 4.78 is 73.5. The molecule has 304 valence electrons. The highest BCUT2D eigenvalue weighted by molar-refractivity contribution is 5.58. The smallest absolute Gasteiger partial charge is 0.190 e. The van der Waals surface area contributed by atoms with Gasteiger partial charge in [-0.1, -0.05) is 109 Å². The van der Waals surface area contributed by atoms with E-state index in [1.54, 1.807) is 0 Å². The second-order valence-corrected chi connectivity index (χ2v) is 17.4. The van der Waals surface area contributed by atoms with Gasteiger partial charge >= 0.3 is 0 Å². The Labute approximate surface area is 338 Å². The Hall–Kier alpha value is -3.56. The molecule has 11 atom stereocenters. The largest absolute Gasteiger partial charge is 0.371 e. The molecule has 6 fully saturated rings. The molecule has 1 aliphatic carbocycles. The van der Waals surface area contributed by atoms with Crippen LogP contribution in [0.5, 0.6) is 0 Å². The maximum absolute atomic E-state index is 7.38. The van der Waals surface area contributed by atoms with Crippen LogP contribution in [0.25, 0.3) is 0 Å². The van der Waals surface area contributed by atoms with Crippen molar-refractivity contribution in [3.63, 3.8) is 0 Å². The van der Waals surface area contributed by atoms with Gasteiger partial charge in [0.15, 0.2) is 24.2 Å². The molecule has 6 heterocycles. The first kappa shape index (κ1) is 37.4. The van der Waals surface area contributed by atoms with Gasteiger partial charge in [-0.2, -0.15) is 0 Å². The highest BCUT2D eigenvalue weighted by Gasteiger charge is 2.65. The van der Waals surface area contributed by atoms with E-state index in [9.17, 15) is 0 Å². The summed E-state index contributed by atoms with van der Waals surface area (Å²) in [7, 11) is 0. The van der Waals surface area contributed by atoms with E-state index in [1.807, 2.05) is 76.2 Å². The van der Waals surface area contributed by atoms with Crippen molar-refractivity contribution in [2.45, 2.75) is 125 Å². The predicted molar refractivity (Wildman–Crippen MR) is 207 cm³/mol. The van der Waals surface area contributed by atoms with E-state index in [1.165, 1.54) is 0 Å². The number of benzene rings is 4. The van der Waals surface area contributed by atoms with E-state index in [-0.39, 0.29) is 6.10 Å². The van der Waals surface area contributed by atoms with Crippen molar-refractivity contribution in [1.29, 1.82) is 0 Å². The standard InChI is InChI=1S/C47H50O11/c1-45(2)51-25-34(56-45)37-39(41-44(55-37)58-46(3,4)57-41)53-35-29-19-11-13-21-31(29)47(32-22-14-12-20-30(32)35)26-50-40-38(48-23-27-15-7-5-8-16-27)36-33(52-42(40)47)24-49-43(54-36)28-17-9-6-10-18-28/h5-22,33-44H,23-26H2,1-4H3/t33-,34+,35?,36-,37-,38+,39+,40-,41-,42+,43-,44-,47?/m1/s1. The Morgan fingerprint density at radius 3 is 1.97 bits per heavy atom. The summed E-state index contributed by atoms with van der Waals surface area (Å²) in [6, 6.07) is 37.3. The lowest BCUT2D eigenvalue weighted by Crippen LogP contribution is -2.64. The highest BCUT2D eigenvalue weighted by Crippen LogP contribution is 2.57. The fourth-order valence-electron chi connectivity index (χ4n) is 10.4. The first-order valence-corrected chi connectivity index (χ1v) is 20.6. The fraction of sp³-hybridized carbons (Fsp3) is 0.489. The average molecular weight is 791 g/mol. The van der Waals surface area contributed by atoms with Gasteiger partial charge in [-0.15, -0.1) is 0 Å². The molecule has 0 saturated carbocycles. The third-order valence-corrected chi connectivity index (χ3v) is 12.8. The number of rotatable bonds is 7. The molecule has 11 nitrogen and oxygen atoms in total. The minimum atomic E-state index is -0.834. The SMILES string of the molecule is CC1(C)O[C@H]2O[C@H]([C@@H]3COC(C)(C)O3)[C@H](OC3c4ccccc4C4(CO[C@@H]5[C@@H](OCc6ccccc6)[C@@H]6O[C@H](c7ccccc7)OC[C@H]6O[C@@H]54)c4ccccc43)[C@H]2O1. The molecule has 7 aliphatic rings. The number of hydrogen-bond donors (Lipinski definition) is 0. The van der Waals surface area contributed by atoms with Gasteiger partial charge in [0.2, 0.25) is 0 Å². The molecule has 0 bridgehead atoms. The summed E-state index contributed by atoms with van der Waals surface area (Å²) in [5.41, 5.74) is 5.56. The van der Waals surface area contributed by atoms with Crippen molar-refractivity contribution in [3.8, 4) is 0 Å². The Morgan fingerprint density at radius 2 is 1.26 bits per heavy atom. The average Bonchev–Trinajstić information content (AvgIpc) is 3.98. The molecule has 1 spiro atoms. The van der Waals surface area contributed by atoms with Crippen LogP contribution in [-0.2, 0) is 64.1 Å². The zero-order valence-corrected chi connectivity index (χ0v) is 33.1. The molecular formula is C47H50O11. The number of ether oxygens (including phenoxy) is 11. The second-order valence-electron chi connectivity index (χ2n) is 17.4. The lowest BCUT2D eigenvalue weighted by molar-refractivity contribution is -0.331. The van der Waals surface area contributed by atoms with E-state index in [0.29, 0.717) is 26.4 Å². The molecule has 0 amide bonds. The Bertz CT molecular complexity index is 2060. The van der Waals surface area contributed by atoms with Gasteiger partial charge in [0.25, 0.3) is 0 Å². The number of fused-ring (bicyclic) bond motifs is 8.